The topological polar surface area (TPSA) is 21.3 Å². The van der Waals surface area contributed by atoms with E-state index in [9.17, 15) is 0 Å². The molecule has 1 aliphatic rings. The van der Waals surface area contributed by atoms with Crippen LogP contribution >= 0.6 is 11.6 Å². The van der Waals surface area contributed by atoms with Crippen molar-refractivity contribution in [1.82, 2.24) is 5.32 Å². The quantitative estimate of drug-likeness (QED) is 0.771. The molecule has 2 rings (SSSR count). The zero-order valence-electron chi connectivity index (χ0n) is 9.63. The smallest absolute Gasteiger partial charge is 0.137 e. The summed E-state index contributed by atoms with van der Waals surface area (Å²) in [6.07, 6.45) is 2.77. The molecule has 88 valence electrons. The summed E-state index contributed by atoms with van der Waals surface area (Å²) in [4.78, 5) is 0. The van der Waals surface area contributed by atoms with Crippen LogP contribution in [0, 0.1) is 12.8 Å². The van der Waals surface area contributed by atoms with Crippen molar-refractivity contribution < 1.29 is 4.74 Å². The van der Waals surface area contributed by atoms with Crippen LogP contribution in [0.5, 0.6) is 5.75 Å². The molecule has 1 N–H and O–H groups in total. The lowest BCUT2D eigenvalue weighted by molar-refractivity contribution is 0.313. The van der Waals surface area contributed by atoms with Crippen molar-refractivity contribution in [3.63, 3.8) is 0 Å². The second-order valence-electron chi connectivity index (χ2n) is 4.43. The predicted molar refractivity (Wildman–Crippen MR) is 67.3 cm³/mol. The van der Waals surface area contributed by atoms with E-state index in [2.05, 4.69) is 5.32 Å². The van der Waals surface area contributed by atoms with Crippen molar-refractivity contribution in [3.05, 3.63) is 28.8 Å². The van der Waals surface area contributed by atoms with Gasteiger partial charge in [-0.1, -0.05) is 17.7 Å². The minimum Gasteiger partial charge on any atom is -0.491 e. The Bertz CT molecular complexity index is 350. The van der Waals surface area contributed by atoms with Gasteiger partial charge in [0.2, 0.25) is 0 Å². The van der Waals surface area contributed by atoms with Gasteiger partial charge in [0, 0.05) is 6.54 Å². The molecule has 0 bridgehead atoms. The molecule has 0 heterocycles. The van der Waals surface area contributed by atoms with Gasteiger partial charge in [0.25, 0.3) is 0 Å². The standard InChI is InChI=1S/C13H18ClNO/c1-10-2-5-13(12(14)8-10)16-7-6-15-9-11-3-4-11/h2,5,8,11,15H,3-4,6-7,9H2,1H3. The van der Waals surface area contributed by atoms with Crippen molar-refractivity contribution in [2.45, 2.75) is 19.8 Å². The van der Waals surface area contributed by atoms with Crippen LogP contribution in [-0.2, 0) is 0 Å². The minimum atomic E-state index is 0.676. The van der Waals surface area contributed by atoms with Crippen LogP contribution in [0.1, 0.15) is 18.4 Å². The van der Waals surface area contributed by atoms with Crippen LogP contribution in [0.2, 0.25) is 5.02 Å². The number of rotatable bonds is 6. The summed E-state index contributed by atoms with van der Waals surface area (Å²) in [5, 5.41) is 4.08. The van der Waals surface area contributed by atoms with Gasteiger partial charge in [0.1, 0.15) is 12.4 Å². The Morgan fingerprint density at radius 3 is 2.94 bits per heavy atom. The van der Waals surface area contributed by atoms with Gasteiger partial charge in [-0.3, -0.25) is 0 Å². The Morgan fingerprint density at radius 2 is 2.25 bits per heavy atom. The van der Waals surface area contributed by atoms with Gasteiger partial charge in [-0.05, 0) is 49.9 Å². The number of ether oxygens (including phenoxy) is 1. The molecule has 1 saturated carbocycles. The summed E-state index contributed by atoms with van der Waals surface area (Å²) >= 11 is 6.06. The lowest BCUT2D eigenvalue weighted by Gasteiger charge is -2.09. The van der Waals surface area contributed by atoms with E-state index in [0.717, 1.165) is 30.3 Å². The van der Waals surface area contributed by atoms with Crippen molar-refractivity contribution >= 4 is 11.6 Å². The average molecular weight is 240 g/mol. The Balaban J connectivity index is 1.67. The van der Waals surface area contributed by atoms with Crippen LogP contribution in [0.3, 0.4) is 0 Å². The molecule has 3 heteroatoms. The van der Waals surface area contributed by atoms with Gasteiger partial charge < -0.3 is 10.1 Å². The van der Waals surface area contributed by atoms with E-state index >= 15 is 0 Å². The molecule has 16 heavy (non-hydrogen) atoms. The van der Waals surface area contributed by atoms with Crippen LogP contribution in [0.15, 0.2) is 18.2 Å². The molecule has 1 aliphatic carbocycles. The Morgan fingerprint density at radius 1 is 1.44 bits per heavy atom. The Labute approximate surface area is 102 Å². The molecule has 1 aromatic rings. The van der Waals surface area contributed by atoms with E-state index < -0.39 is 0 Å². The first kappa shape index (κ1) is 11.7. The van der Waals surface area contributed by atoms with E-state index in [1.54, 1.807) is 0 Å². The highest BCUT2D eigenvalue weighted by molar-refractivity contribution is 6.32. The second kappa shape index (κ2) is 5.55. The third-order valence-electron chi connectivity index (χ3n) is 2.75. The summed E-state index contributed by atoms with van der Waals surface area (Å²) in [7, 11) is 0. The van der Waals surface area contributed by atoms with Crippen molar-refractivity contribution in [1.29, 1.82) is 0 Å². The second-order valence-corrected chi connectivity index (χ2v) is 4.84. The van der Waals surface area contributed by atoms with Crippen molar-refractivity contribution in [2.24, 2.45) is 5.92 Å². The molecular weight excluding hydrogens is 222 g/mol. The van der Waals surface area contributed by atoms with Crippen LogP contribution in [0.25, 0.3) is 0 Å². The molecule has 0 unspecified atom stereocenters. The summed E-state index contributed by atoms with van der Waals surface area (Å²) in [5.74, 6) is 1.70. The number of hydrogen-bond donors (Lipinski definition) is 1. The normalized spacial score (nSPS) is 15.1. The van der Waals surface area contributed by atoms with Gasteiger partial charge in [0.15, 0.2) is 0 Å². The monoisotopic (exact) mass is 239 g/mol. The number of nitrogens with one attached hydrogen (secondary N) is 1. The lowest BCUT2D eigenvalue weighted by Crippen LogP contribution is -2.23. The van der Waals surface area contributed by atoms with Crippen molar-refractivity contribution in [2.75, 3.05) is 19.7 Å². The van der Waals surface area contributed by atoms with E-state index in [4.69, 9.17) is 16.3 Å². The molecule has 0 spiro atoms. The van der Waals surface area contributed by atoms with Gasteiger partial charge in [0.05, 0.1) is 5.02 Å². The highest BCUT2D eigenvalue weighted by atomic mass is 35.5. The van der Waals surface area contributed by atoms with Crippen LogP contribution in [0.4, 0.5) is 0 Å². The van der Waals surface area contributed by atoms with E-state index in [1.807, 2.05) is 25.1 Å². The van der Waals surface area contributed by atoms with E-state index in [0.29, 0.717) is 11.6 Å². The highest BCUT2D eigenvalue weighted by Crippen LogP contribution is 2.27. The molecule has 1 aromatic carbocycles. The first-order chi connectivity index (χ1) is 7.75. The summed E-state index contributed by atoms with van der Waals surface area (Å²) in [6, 6.07) is 5.87. The minimum absolute atomic E-state index is 0.676. The number of halogens is 1. The SMILES string of the molecule is Cc1ccc(OCCNCC2CC2)c(Cl)c1. The summed E-state index contributed by atoms with van der Waals surface area (Å²) in [5.41, 5.74) is 1.16. The number of benzene rings is 1. The molecule has 0 amide bonds. The zero-order chi connectivity index (χ0) is 11.4. The first-order valence-corrected chi connectivity index (χ1v) is 6.23. The van der Waals surface area contributed by atoms with E-state index in [1.165, 1.54) is 12.8 Å². The average Bonchev–Trinajstić information content (AvgIpc) is 3.04. The third-order valence-corrected chi connectivity index (χ3v) is 3.05. The fourth-order valence-corrected chi connectivity index (χ4v) is 1.87. The first-order valence-electron chi connectivity index (χ1n) is 5.85. The predicted octanol–water partition coefficient (Wildman–Crippen LogP) is 3.03. The van der Waals surface area contributed by atoms with E-state index in [-0.39, 0.29) is 0 Å². The fourth-order valence-electron chi connectivity index (χ4n) is 1.58. The molecule has 0 aromatic heterocycles. The Hall–Kier alpha value is -0.730. The molecule has 0 saturated heterocycles. The van der Waals surface area contributed by atoms with Crippen molar-refractivity contribution in [3.8, 4) is 5.75 Å². The van der Waals surface area contributed by atoms with Crippen LogP contribution in [-0.4, -0.2) is 19.7 Å². The Kier molecular flexibility index (Phi) is 4.08. The van der Waals surface area contributed by atoms with Crippen LogP contribution < -0.4 is 10.1 Å². The largest absolute Gasteiger partial charge is 0.491 e. The molecule has 1 fully saturated rings. The zero-order valence-corrected chi connectivity index (χ0v) is 10.4. The van der Waals surface area contributed by atoms with Gasteiger partial charge >= 0.3 is 0 Å². The molecule has 0 radical (unpaired) electrons. The molecule has 2 nitrogen and oxygen atoms in total. The highest BCUT2D eigenvalue weighted by Gasteiger charge is 2.19. The fraction of sp³-hybridized carbons (Fsp3) is 0.538. The van der Waals surface area contributed by atoms with Gasteiger partial charge in [-0.25, -0.2) is 0 Å². The third kappa shape index (κ3) is 3.69. The van der Waals surface area contributed by atoms with Gasteiger partial charge in [-0.2, -0.15) is 0 Å². The molecular formula is C13H18ClNO. The molecule has 0 atom stereocenters. The van der Waals surface area contributed by atoms with Gasteiger partial charge in [-0.15, -0.1) is 0 Å². The number of aryl methyl sites for hydroxylation is 1. The number of hydrogen-bond acceptors (Lipinski definition) is 2. The maximum atomic E-state index is 6.06. The molecule has 0 aliphatic heterocycles. The maximum absolute atomic E-state index is 6.06. The summed E-state index contributed by atoms with van der Waals surface area (Å²) in [6.45, 7) is 4.72. The maximum Gasteiger partial charge on any atom is 0.137 e. The lowest BCUT2D eigenvalue weighted by atomic mass is 10.2. The summed E-state index contributed by atoms with van der Waals surface area (Å²) < 4.78 is 5.60.